The zero-order valence-corrected chi connectivity index (χ0v) is 12.5. The first-order valence-electron chi connectivity index (χ1n) is 7.40. The maximum Gasteiger partial charge on any atom is 0.326 e. The van der Waals surface area contributed by atoms with Crippen molar-refractivity contribution in [1.29, 1.82) is 0 Å². The predicted octanol–water partition coefficient (Wildman–Crippen LogP) is 2.12. The number of carbonyl (C=O) groups is 2. The van der Waals surface area contributed by atoms with Crippen LogP contribution in [-0.4, -0.2) is 41.0 Å². The van der Waals surface area contributed by atoms with E-state index in [0.29, 0.717) is 31.5 Å². The minimum Gasteiger partial charge on any atom is -0.480 e. The van der Waals surface area contributed by atoms with E-state index >= 15 is 0 Å². The number of benzene rings is 1. The molecule has 0 unspecified atom stereocenters. The van der Waals surface area contributed by atoms with Crippen LogP contribution in [-0.2, 0) is 4.79 Å². The molecule has 1 atom stereocenters. The summed E-state index contributed by atoms with van der Waals surface area (Å²) in [4.78, 5) is 25.6. The summed E-state index contributed by atoms with van der Waals surface area (Å²) >= 11 is 0. The Morgan fingerprint density at radius 2 is 1.90 bits per heavy atom. The molecule has 5 heteroatoms. The molecule has 1 amide bonds. The van der Waals surface area contributed by atoms with Gasteiger partial charge < -0.3 is 15.7 Å². The van der Waals surface area contributed by atoms with Crippen LogP contribution in [0.2, 0.25) is 0 Å². The van der Waals surface area contributed by atoms with E-state index in [1.165, 1.54) is 4.90 Å². The van der Waals surface area contributed by atoms with Crippen LogP contribution in [0.3, 0.4) is 0 Å². The van der Waals surface area contributed by atoms with Crippen LogP contribution in [0.15, 0.2) is 30.3 Å². The lowest BCUT2D eigenvalue weighted by Gasteiger charge is -2.29. The second-order valence-corrected chi connectivity index (χ2v) is 5.00. The van der Waals surface area contributed by atoms with Gasteiger partial charge in [-0.1, -0.05) is 31.5 Å². The Balaban J connectivity index is 2.96. The molecule has 1 aromatic carbocycles. The Labute approximate surface area is 125 Å². The molecule has 0 bridgehead atoms. The summed E-state index contributed by atoms with van der Waals surface area (Å²) in [6.45, 7) is 2.89. The van der Waals surface area contributed by atoms with Gasteiger partial charge in [0.25, 0.3) is 5.91 Å². The molecule has 116 valence electrons. The average molecular weight is 292 g/mol. The molecular formula is C16H24N2O3. The Kier molecular flexibility index (Phi) is 7.46. The molecule has 3 N–H and O–H groups in total. The molecule has 5 nitrogen and oxygen atoms in total. The van der Waals surface area contributed by atoms with E-state index in [-0.39, 0.29) is 5.91 Å². The van der Waals surface area contributed by atoms with Gasteiger partial charge in [-0.2, -0.15) is 0 Å². The molecular weight excluding hydrogens is 268 g/mol. The molecule has 0 aromatic heterocycles. The SMILES string of the molecule is CCCCN(C(=O)c1ccccc1)[C@@H](CCCN)C(=O)O. The largest absolute Gasteiger partial charge is 0.480 e. The molecule has 0 saturated heterocycles. The summed E-state index contributed by atoms with van der Waals surface area (Å²) in [5, 5.41) is 9.43. The van der Waals surface area contributed by atoms with Gasteiger partial charge in [-0.3, -0.25) is 4.79 Å². The fraction of sp³-hybridized carbons (Fsp3) is 0.500. The van der Waals surface area contributed by atoms with Gasteiger partial charge in [-0.15, -0.1) is 0 Å². The third-order valence-electron chi connectivity index (χ3n) is 3.38. The van der Waals surface area contributed by atoms with Crippen molar-refractivity contribution < 1.29 is 14.7 Å². The third kappa shape index (κ3) is 5.19. The third-order valence-corrected chi connectivity index (χ3v) is 3.38. The fourth-order valence-electron chi connectivity index (χ4n) is 2.20. The van der Waals surface area contributed by atoms with Gasteiger partial charge >= 0.3 is 5.97 Å². The molecule has 0 heterocycles. The number of unbranched alkanes of at least 4 members (excludes halogenated alkanes) is 1. The highest BCUT2D eigenvalue weighted by Gasteiger charge is 2.29. The van der Waals surface area contributed by atoms with Crippen LogP contribution in [0.5, 0.6) is 0 Å². The summed E-state index contributed by atoms with van der Waals surface area (Å²) in [7, 11) is 0. The molecule has 0 spiro atoms. The highest BCUT2D eigenvalue weighted by molar-refractivity contribution is 5.96. The van der Waals surface area contributed by atoms with Crippen molar-refractivity contribution in [3.05, 3.63) is 35.9 Å². The van der Waals surface area contributed by atoms with E-state index < -0.39 is 12.0 Å². The monoisotopic (exact) mass is 292 g/mol. The first-order chi connectivity index (χ1) is 10.1. The Bertz CT molecular complexity index is 448. The van der Waals surface area contributed by atoms with Crippen LogP contribution in [0.4, 0.5) is 0 Å². The Morgan fingerprint density at radius 1 is 1.24 bits per heavy atom. The number of carboxylic acids is 1. The molecule has 0 aliphatic rings. The van der Waals surface area contributed by atoms with Crippen LogP contribution >= 0.6 is 0 Å². The van der Waals surface area contributed by atoms with Gasteiger partial charge in [0.15, 0.2) is 0 Å². The van der Waals surface area contributed by atoms with Gasteiger partial charge in [-0.25, -0.2) is 4.79 Å². The van der Waals surface area contributed by atoms with Gasteiger partial charge in [0.05, 0.1) is 0 Å². The van der Waals surface area contributed by atoms with Gasteiger partial charge in [-0.05, 0) is 37.9 Å². The zero-order valence-electron chi connectivity index (χ0n) is 12.5. The second-order valence-electron chi connectivity index (χ2n) is 5.00. The molecule has 0 radical (unpaired) electrons. The van der Waals surface area contributed by atoms with Crippen molar-refractivity contribution >= 4 is 11.9 Å². The summed E-state index contributed by atoms with van der Waals surface area (Å²) in [5.41, 5.74) is 5.99. The number of nitrogens with zero attached hydrogens (tertiary/aromatic N) is 1. The molecule has 0 aliphatic heterocycles. The van der Waals surface area contributed by atoms with Crippen LogP contribution in [0.25, 0.3) is 0 Å². The number of amides is 1. The summed E-state index contributed by atoms with van der Waals surface area (Å²) in [6, 6.07) is 8.00. The quantitative estimate of drug-likeness (QED) is 0.730. The molecule has 0 fully saturated rings. The number of nitrogens with two attached hydrogens (primary N) is 1. The highest BCUT2D eigenvalue weighted by atomic mass is 16.4. The van der Waals surface area contributed by atoms with Crippen LogP contribution < -0.4 is 5.73 Å². The van der Waals surface area contributed by atoms with Crippen molar-refractivity contribution in [2.75, 3.05) is 13.1 Å². The fourth-order valence-corrected chi connectivity index (χ4v) is 2.20. The molecule has 21 heavy (non-hydrogen) atoms. The molecule has 0 saturated carbocycles. The van der Waals surface area contributed by atoms with Crippen molar-refractivity contribution in [3.63, 3.8) is 0 Å². The Hall–Kier alpha value is -1.88. The molecule has 1 rings (SSSR count). The van der Waals surface area contributed by atoms with Crippen molar-refractivity contribution in [1.82, 2.24) is 4.90 Å². The van der Waals surface area contributed by atoms with E-state index in [0.717, 1.165) is 12.8 Å². The van der Waals surface area contributed by atoms with Gasteiger partial charge in [0, 0.05) is 12.1 Å². The number of hydrogen-bond donors (Lipinski definition) is 2. The van der Waals surface area contributed by atoms with E-state index in [4.69, 9.17) is 5.73 Å². The number of rotatable bonds is 9. The maximum atomic E-state index is 12.6. The van der Waals surface area contributed by atoms with Crippen LogP contribution in [0, 0.1) is 0 Å². The van der Waals surface area contributed by atoms with E-state index in [1.807, 2.05) is 13.0 Å². The number of carbonyl (C=O) groups excluding carboxylic acids is 1. The maximum absolute atomic E-state index is 12.6. The summed E-state index contributed by atoms with van der Waals surface area (Å²) < 4.78 is 0. The van der Waals surface area contributed by atoms with Crippen molar-refractivity contribution in [2.24, 2.45) is 5.73 Å². The minimum atomic E-state index is -0.969. The Morgan fingerprint density at radius 3 is 2.43 bits per heavy atom. The average Bonchev–Trinajstić information content (AvgIpc) is 2.50. The lowest BCUT2D eigenvalue weighted by atomic mass is 10.1. The predicted molar refractivity (Wildman–Crippen MR) is 82.1 cm³/mol. The number of aliphatic carboxylic acids is 1. The smallest absolute Gasteiger partial charge is 0.326 e. The topological polar surface area (TPSA) is 83.6 Å². The summed E-state index contributed by atoms with van der Waals surface area (Å²) in [6.07, 6.45) is 2.66. The van der Waals surface area contributed by atoms with E-state index in [9.17, 15) is 14.7 Å². The number of hydrogen-bond acceptors (Lipinski definition) is 3. The highest BCUT2D eigenvalue weighted by Crippen LogP contribution is 2.14. The number of carboxylic acid groups (broad SMARTS) is 1. The summed E-state index contributed by atoms with van der Waals surface area (Å²) in [5.74, 6) is -1.20. The minimum absolute atomic E-state index is 0.228. The van der Waals surface area contributed by atoms with E-state index in [1.54, 1.807) is 24.3 Å². The van der Waals surface area contributed by atoms with Gasteiger partial charge in [0.2, 0.25) is 0 Å². The van der Waals surface area contributed by atoms with Crippen molar-refractivity contribution in [2.45, 2.75) is 38.6 Å². The first kappa shape index (κ1) is 17.2. The van der Waals surface area contributed by atoms with Crippen LogP contribution in [0.1, 0.15) is 43.0 Å². The van der Waals surface area contributed by atoms with Gasteiger partial charge in [0.1, 0.15) is 6.04 Å². The molecule has 1 aromatic rings. The lowest BCUT2D eigenvalue weighted by molar-refractivity contribution is -0.142. The first-order valence-corrected chi connectivity index (χ1v) is 7.40. The standard InChI is InChI=1S/C16H24N2O3/c1-2-3-12-18(14(16(20)21)10-7-11-17)15(19)13-8-5-4-6-9-13/h4-6,8-9,14H,2-3,7,10-12,17H2,1H3,(H,20,21)/t14-/m0/s1. The zero-order chi connectivity index (χ0) is 15.7. The lowest BCUT2D eigenvalue weighted by Crippen LogP contribution is -2.45. The van der Waals surface area contributed by atoms with Crippen molar-refractivity contribution in [3.8, 4) is 0 Å². The normalized spacial score (nSPS) is 11.9. The second kappa shape index (κ2) is 9.13. The molecule has 0 aliphatic carbocycles. The van der Waals surface area contributed by atoms with E-state index in [2.05, 4.69) is 0 Å².